The van der Waals surface area contributed by atoms with Crippen LogP contribution < -0.4 is 4.74 Å². The van der Waals surface area contributed by atoms with Crippen LogP contribution in [0, 0.1) is 12.7 Å². The molecule has 0 radical (unpaired) electrons. The van der Waals surface area contributed by atoms with Crippen molar-refractivity contribution in [3.8, 4) is 5.75 Å². The van der Waals surface area contributed by atoms with Crippen LogP contribution >= 0.6 is 0 Å². The topological polar surface area (TPSA) is 9.23 Å². The van der Waals surface area contributed by atoms with Crippen LogP contribution in [0.4, 0.5) is 4.39 Å². The highest BCUT2D eigenvalue weighted by atomic mass is 19.1. The molecule has 1 rings (SSSR count). The largest absolute Gasteiger partial charge is 0.497 e. The highest BCUT2D eigenvalue weighted by molar-refractivity contribution is 5.28. The van der Waals surface area contributed by atoms with Gasteiger partial charge < -0.3 is 4.74 Å². The average Bonchev–Trinajstić information content (AvgIpc) is 2.24. The Bertz CT molecular complexity index is 269. The molecule has 0 aliphatic heterocycles. The molecule has 0 unspecified atom stereocenters. The second-order valence-electron chi connectivity index (χ2n) is 3.47. The SMILES string of the molecule is CCCCC.COc1ccc(F)c(C)c1. The Morgan fingerprint density at radius 2 is 1.80 bits per heavy atom. The van der Waals surface area contributed by atoms with E-state index in [1.807, 2.05) is 0 Å². The van der Waals surface area contributed by atoms with Crippen molar-refractivity contribution >= 4 is 0 Å². The summed E-state index contributed by atoms with van der Waals surface area (Å²) in [5, 5.41) is 0. The lowest BCUT2D eigenvalue weighted by Gasteiger charge is -2.00. The molecule has 0 spiro atoms. The van der Waals surface area contributed by atoms with E-state index in [0.29, 0.717) is 11.3 Å². The van der Waals surface area contributed by atoms with Crippen LogP contribution in [0.15, 0.2) is 18.2 Å². The molecule has 0 aliphatic rings. The van der Waals surface area contributed by atoms with E-state index in [1.54, 1.807) is 26.2 Å². The van der Waals surface area contributed by atoms with Crippen molar-refractivity contribution in [1.82, 2.24) is 0 Å². The van der Waals surface area contributed by atoms with E-state index < -0.39 is 0 Å². The van der Waals surface area contributed by atoms with Gasteiger partial charge in [-0.1, -0.05) is 33.1 Å². The molecule has 1 aromatic rings. The molecule has 0 fully saturated rings. The minimum atomic E-state index is -0.194. The molecule has 0 atom stereocenters. The zero-order chi connectivity index (χ0) is 11.7. The van der Waals surface area contributed by atoms with Crippen LogP contribution in [-0.2, 0) is 0 Å². The minimum Gasteiger partial charge on any atom is -0.497 e. The van der Waals surface area contributed by atoms with Crippen LogP contribution in [0.25, 0.3) is 0 Å². The average molecular weight is 212 g/mol. The van der Waals surface area contributed by atoms with E-state index in [4.69, 9.17) is 4.74 Å². The van der Waals surface area contributed by atoms with E-state index in [-0.39, 0.29) is 5.82 Å². The Morgan fingerprint density at radius 3 is 2.13 bits per heavy atom. The summed E-state index contributed by atoms with van der Waals surface area (Å²) in [4.78, 5) is 0. The monoisotopic (exact) mass is 212 g/mol. The summed E-state index contributed by atoms with van der Waals surface area (Å²) in [7, 11) is 1.56. The van der Waals surface area contributed by atoms with Gasteiger partial charge in [0.05, 0.1) is 7.11 Å². The summed E-state index contributed by atoms with van der Waals surface area (Å²) in [6.07, 6.45) is 4.08. The second-order valence-corrected chi connectivity index (χ2v) is 3.47. The molecule has 0 bridgehead atoms. The van der Waals surface area contributed by atoms with Crippen LogP contribution in [0.2, 0.25) is 0 Å². The number of aryl methyl sites for hydroxylation is 1. The predicted molar refractivity (Wildman–Crippen MR) is 62.9 cm³/mol. The lowest BCUT2D eigenvalue weighted by atomic mass is 10.2. The van der Waals surface area contributed by atoms with Crippen molar-refractivity contribution in [2.45, 2.75) is 40.0 Å². The first-order valence-corrected chi connectivity index (χ1v) is 5.45. The van der Waals surface area contributed by atoms with Crippen LogP contribution in [0.5, 0.6) is 5.75 Å². The smallest absolute Gasteiger partial charge is 0.126 e. The highest BCUT2D eigenvalue weighted by Crippen LogP contribution is 2.14. The first-order valence-electron chi connectivity index (χ1n) is 5.45. The van der Waals surface area contributed by atoms with Crippen LogP contribution in [0.1, 0.15) is 38.7 Å². The van der Waals surface area contributed by atoms with Gasteiger partial charge in [-0.25, -0.2) is 4.39 Å². The Kier molecular flexibility index (Phi) is 7.69. The van der Waals surface area contributed by atoms with Gasteiger partial charge in [0.1, 0.15) is 11.6 Å². The van der Waals surface area contributed by atoms with E-state index in [1.165, 1.54) is 25.3 Å². The number of unbranched alkanes of at least 4 members (excludes halogenated alkanes) is 2. The number of rotatable bonds is 3. The van der Waals surface area contributed by atoms with Gasteiger partial charge in [0.15, 0.2) is 0 Å². The second kappa shape index (κ2) is 8.27. The van der Waals surface area contributed by atoms with Gasteiger partial charge >= 0.3 is 0 Å². The molecular weight excluding hydrogens is 191 g/mol. The van der Waals surface area contributed by atoms with Gasteiger partial charge in [-0.05, 0) is 30.7 Å². The van der Waals surface area contributed by atoms with E-state index in [0.717, 1.165) is 0 Å². The number of benzene rings is 1. The Hall–Kier alpha value is -1.05. The predicted octanol–water partition coefficient (Wildman–Crippen LogP) is 4.34. The fourth-order valence-electron chi connectivity index (χ4n) is 1.10. The molecule has 2 heteroatoms. The lowest BCUT2D eigenvalue weighted by molar-refractivity contribution is 0.413. The van der Waals surface area contributed by atoms with Gasteiger partial charge in [-0.2, -0.15) is 0 Å². The van der Waals surface area contributed by atoms with Crippen molar-refractivity contribution in [2.75, 3.05) is 7.11 Å². The van der Waals surface area contributed by atoms with Gasteiger partial charge in [0, 0.05) is 0 Å². The maximum Gasteiger partial charge on any atom is 0.126 e. The summed E-state index contributed by atoms with van der Waals surface area (Å²) >= 11 is 0. The quantitative estimate of drug-likeness (QED) is 0.724. The standard InChI is InChI=1S/C8H9FO.C5H12/c1-6-5-7(10-2)3-4-8(6)9;1-3-5-4-2/h3-5H,1-2H3;3-5H2,1-2H3. The first-order chi connectivity index (χ1) is 7.15. The molecular formula is C13H21FO. The summed E-state index contributed by atoms with van der Waals surface area (Å²) in [6, 6.07) is 4.66. The van der Waals surface area contributed by atoms with E-state index in [9.17, 15) is 4.39 Å². The van der Waals surface area contributed by atoms with Crippen molar-refractivity contribution < 1.29 is 9.13 Å². The van der Waals surface area contributed by atoms with Crippen LogP contribution in [0.3, 0.4) is 0 Å². The zero-order valence-corrected chi connectivity index (χ0v) is 10.1. The molecule has 0 aromatic heterocycles. The third kappa shape index (κ3) is 6.10. The molecule has 1 nitrogen and oxygen atoms in total. The number of ether oxygens (including phenoxy) is 1. The maximum absolute atomic E-state index is 12.6. The molecule has 0 saturated heterocycles. The zero-order valence-electron chi connectivity index (χ0n) is 10.1. The van der Waals surface area contributed by atoms with Gasteiger partial charge in [-0.15, -0.1) is 0 Å². The van der Waals surface area contributed by atoms with Crippen molar-refractivity contribution in [1.29, 1.82) is 0 Å². The third-order valence-corrected chi connectivity index (χ3v) is 2.07. The number of methoxy groups -OCH3 is 1. The molecule has 0 aliphatic carbocycles. The number of halogens is 1. The molecule has 0 amide bonds. The highest BCUT2D eigenvalue weighted by Gasteiger charge is 1.96. The fourth-order valence-corrected chi connectivity index (χ4v) is 1.10. The summed E-state index contributed by atoms with van der Waals surface area (Å²) in [5.41, 5.74) is 0.611. The van der Waals surface area contributed by atoms with Crippen molar-refractivity contribution in [2.24, 2.45) is 0 Å². The summed E-state index contributed by atoms with van der Waals surface area (Å²) < 4.78 is 17.5. The molecule has 0 heterocycles. The first kappa shape index (κ1) is 13.9. The lowest BCUT2D eigenvalue weighted by Crippen LogP contribution is -1.85. The number of hydrogen-bond donors (Lipinski definition) is 0. The molecule has 15 heavy (non-hydrogen) atoms. The van der Waals surface area contributed by atoms with Crippen molar-refractivity contribution in [3.63, 3.8) is 0 Å². The fraction of sp³-hybridized carbons (Fsp3) is 0.538. The normalized spacial score (nSPS) is 9.13. The Balaban J connectivity index is 0.000000336. The molecule has 86 valence electrons. The molecule has 1 aromatic carbocycles. The molecule has 0 saturated carbocycles. The van der Waals surface area contributed by atoms with Gasteiger partial charge in [0.2, 0.25) is 0 Å². The van der Waals surface area contributed by atoms with E-state index in [2.05, 4.69) is 13.8 Å². The van der Waals surface area contributed by atoms with Gasteiger partial charge in [-0.3, -0.25) is 0 Å². The third-order valence-electron chi connectivity index (χ3n) is 2.07. The number of hydrogen-bond acceptors (Lipinski definition) is 1. The minimum absolute atomic E-state index is 0.194. The summed E-state index contributed by atoms with van der Waals surface area (Å²) in [5.74, 6) is 0.500. The molecule has 0 N–H and O–H groups in total. The maximum atomic E-state index is 12.6. The Labute approximate surface area is 92.3 Å². The van der Waals surface area contributed by atoms with Crippen LogP contribution in [-0.4, -0.2) is 7.11 Å². The van der Waals surface area contributed by atoms with Crippen molar-refractivity contribution in [3.05, 3.63) is 29.6 Å². The van der Waals surface area contributed by atoms with E-state index >= 15 is 0 Å². The van der Waals surface area contributed by atoms with Gasteiger partial charge in [0.25, 0.3) is 0 Å². The summed E-state index contributed by atoms with van der Waals surface area (Å²) in [6.45, 7) is 6.13. The Morgan fingerprint density at radius 1 is 1.20 bits per heavy atom.